The molecule has 0 radical (unpaired) electrons. The highest BCUT2D eigenvalue weighted by Crippen LogP contribution is 2.30. The van der Waals surface area contributed by atoms with Gasteiger partial charge in [0.2, 0.25) is 11.8 Å². The van der Waals surface area contributed by atoms with E-state index in [4.69, 9.17) is 9.47 Å². The van der Waals surface area contributed by atoms with E-state index in [2.05, 4.69) is 10.6 Å². The summed E-state index contributed by atoms with van der Waals surface area (Å²) in [5, 5.41) is 5.38. The van der Waals surface area contributed by atoms with E-state index in [0.29, 0.717) is 30.0 Å². The van der Waals surface area contributed by atoms with Crippen LogP contribution in [0.2, 0.25) is 0 Å². The topological polar surface area (TPSA) is 76.7 Å². The molecule has 6 heteroatoms. The highest BCUT2D eigenvalue weighted by Gasteiger charge is 2.27. The zero-order valence-corrected chi connectivity index (χ0v) is 10.9. The minimum Gasteiger partial charge on any atom is -0.497 e. The number of hydrogen-bond acceptors (Lipinski definition) is 5. The first-order chi connectivity index (χ1) is 9.13. The molecule has 1 aromatic carbocycles. The van der Waals surface area contributed by atoms with Crippen molar-refractivity contribution in [3.8, 4) is 11.5 Å². The minimum absolute atomic E-state index is 0.232. The first-order valence-corrected chi connectivity index (χ1v) is 5.96. The summed E-state index contributed by atoms with van der Waals surface area (Å²) < 4.78 is 10.3. The fourth-order valence-electron chi connectivity index (χ4n) is 1.94. The maximum absolute atomic E-state index is 11.7. The van der Waals surface area contributed by atoms with Gasteiger partial charge in [0.15, 0.2) is 0 Å². The van der Waals surface area contributed by atoms with Crippen molar-refractivity contribution in [3.63, 3.8) is 0 Å². The average Bonchev–Trinajstić information content (AvgIpc) is 2.42. The van der Waals surface area contributed by atoms with Crippen molar-refractivity contribution in [2.75, 3.05) is 19.5 Å². The largest absolute Gasteiger partial charge is 0.497 e. The molecule has 19 heavy (non-hydrogen) atoms. The summed E-state index contributed by atoms with van der Waals surface area (Å²) >= 11 is 0. The van der Waals surface area contributed by atoms with Gasteiger partial charge in [-0.15, -0.1) is 0 Å². The summed E-state index contributed by atoms with van der Waals surface area (Å²) in [4.78, 5) is 22.7. The smallest absolute Gasteiger partial charge is 0.249 e. The van der Waals surface area contributed by atoms with Gasteiger partial charge in [0, 0.05) is 12.5 Å². The molecule has 1 aliphatic rings. The Morgan fingerprint density at radius 2 is 2.05 bits per heavy atom. The van der Waals surface area contributed by atoms with Crippen molar-refractivity contribution >= 4 is 17.5 Å². The molecule has 0 aliphatic carbocycles. The lowest BCUT2D eigenvalue weighted by Gasteiger charge is -2.23. The predicted octanol–water partition coefficient (Wildman–Crippen LogP) is 0.921. The lowest BCUT2D eigenvalue weighted by Crippen LogP contribution is -2.47. The second-order valence-electron chi connectivity index (χ2n) is 4.21. The Balaban J connectivity index is 2.14. The van der Waals surface area contributed by atoms with E-state index in [1.807, 2.05) is 0 Å². The number of nitrogens with one attached hydrogen (secondary N) is 2. The number of rotatable bonds is 4. The first-order valence-electron chi connectivity index (χ1n) is 5.96. The van der Waals surface area contributed by atoms with E-state index in [0.717, 1.165) is 0 Å². The van der Waals surface area contributed by atoms with Crippen molar-refractivity contribution in [1.82, 2.24) is 5.32 Å². The summed E-state index contributed by atoms with van der Waals surface area (Å²) in [5.41, 5.74) is 0.692. The molecular weight excluding hydrogens is 248 g/mol. The zero-order chi connectivity index (χ0) is 13.8. The maximum Gasteiger partial charge on any atom is 0.249 e. The van der Waals surface area contributed by atoms with Crippen LogP contribution in [0.4, 0.5) is 5.69 Å². The molecule has 1 unspecified atom stereocenters. The molecule has 0 spiro atoms. The number of benzene rings is 1. The van der Waals surface area contributed by atoms with Crippen LogP contribution >= 0.6 is 0 Å². The van der Waals surface area contributed by atoms with Crippen molar-refractivity contribution in [1.29, 1.82) is 0 Å². The number of amides is 2. The lowest BCUT2D eigenvalue weighted by molar-refractivity contribution is -0.133. The number of carbonyl (C=O) groups is 2. The van der Waals surface area contributed by atoms with Gasteiger partial charge >= 0.3 is 0 Å². The minimum atomic E-state index is -0.431. The molecular formula is C13H16N2O4. The van der Waals surface area contributed by atoms with Crippen molar-refractivity contribution in [2.45, 2.75) is 18.9 Å². The first kappa shape index (κ1) is 13.2. The van der Waals surface area contributed by atoms with Gasteiger partial charge in [0.1, 0.15) is 17.5 Å². The molecule has 1 aromatic rings. The Morgan fingerprint density at radius 1 is 1.26 bits per heavy atom. The Kier molecular flexibility index (Phi) is 3.89. The molecule has 1 aliphatic heterocycles. The molecule has 2 amide bonds. The van der Waals surface area contributed by atoms with Crippen LogP contribution in [-0.4, -0.2) is 32.1 Å². The van der Waals surface area contributed by atoms with Gasteiger partial charge in [-0.1, -0.05) is 0 Å². The number of ether oxygens (including phenoxy) is 2. The van der Waals surface area contributed by atoms with Gasteiger partial charge in [-0.3, -0.25) is 14.9 Å². The van der Waals surface area contributed by atoms with Gasteiger partial charge < -0.3 is 14.8 Å². The summed E-state index contributed by atoms with van der Waals surface area (Å²) in [6.07, 6.45) is 0.807. The number of anilines is 1. The van der Waals surface area contributed by atoms with Crippen molar-refractivity contribution in [3.05, 3.63) is 18.2 Å². The molecule has 6 nitrogen and oxygen atoms in total. The second kappa shape index (κ2) is 5.60. The van der Waals surface area contributed by atoms with Crippen LogP contribution in [0.1, 0.15) is 12.8 Å². The third-order valence-corrected chi connectivity index (χ3v) is 2.98. The van der Waals surface area contributed by atoms with Gasteiger partial charge in [0.05, 0.1) is 19.9 Å². The van der Waals surface area contributed by atoms with Crippen LogP contribution in [0, 0.1) is 0 Å². The van der Waals surface area contributed by atoms with Gasteiger partial charge in [-0.25, -0.2) is 0 Å². The van der Waals surface area contributed by atoms with E-state index in [9.17, 15) is 9.59 Å². The molecule has 0 aromatic heterocycles. The summed E-state index contributed by atoms with van der Waals surface area (Å²) in [5.74, 6) is 0.716. The molecule has 1 saturated heterocycles. The van der Waals surface area contributed by atoms with E-state index in [1.165, 1.54) is 0 Å². The number of piperidine rings is 1. The fourth-order valence-corrected chi connectivity index (χ4v) is 1.94. The zero-order valence-electron chi connectivity index (χ0n) is 10.9. The number of methoxy groups -OCH3 is 2. The van der Waals surface area contributed by atoms with Crippen molar-refractivity contribution < 1.29 is 19.1 Å². The average molecular weight is 264 g/mol. The molecule has 102 valence electrons. The SMILES string of the molecule is COc1ccc(NC2CCC(=O)NC2=O)c(OC)c1. The molecule has 2 N–H and O–H groups in total. The maximum atomic E-state index is 11.7. The molecule has 1 atom stereocenters. The monoisotopic (exact) mass is 264 g/mol. The molecule has 2 rings (SSSR count). The second-order valence-corrected chi connectivity index (χ2v) is 4.21. The van der Waals surface area contributed by atoms with Crippen LogP contribution in [-0.2, 0) is 9.59 Å². The van der Waals surface area contributed by atoms with Crippen LogP contribution in [0.3, 0.4) is 0 Å². The summed E-state index contributed by atoms with van der Waals surface area (Å²) in [6, 6.07) is 4.85. The van der Waals surface area contributed by atoms with Crippen LogP contribution < -0.4 is 20.1 Å². The van der Waals surface area contributed by atoms with Gasteiger partial charge in [0.25, 0.3) is 0 Å². The highest BCUT2D eigenvalue weighted by atomic mass is 16.5. The number of hydrogen-bond donors (Lipinski definition) is 2. The Labute approximate surface area is 111 Å². The highest BCUT2D eigenvalue weighted by molar-refractivity contribution is 6.01. The predicted molar refractivity (Wildman–Crippen MR) is 69.3 cm³/mol. The van der Waals surface area contributed by atoms with Gasteiger partial charge in [-0.05, 0) is 18.6 Å². The third kappa shape index (κ3) is 2.96. The molecule has 1 heterocycles. The van der Waals surface area contributed by atoms with E-state index in [1.54, 1.807) is 32.4 Å². The number of imide groups is 1. The van der Waals surface area contributed by atoms with E-state index in [-0.39, 0.29) is 11.8 Å². The quantitative estimate of drug-likeness (QED) is 0.791. The van der Waals surface area contributed by atoms with Crippen LogP contribution in [0.25, 0.3) is 0 Å². The van der Waals surface area contributed by atoms with Crippen molar-refractivity contribution in [2.24, 2.45) is 0 Å². The summed E-state index contributed by atoms with van der Waals surface area (Å²) in [6.45, 7) is 0. The molecule has 0 saturated carbocycles. The Hall–Kier alpha value is -2.24. The Bertz CT molecular complexity index is 501. The summed E-state index contributed by atoms with van der Waals surface area (Å²) in [7, 11) is 3.12. The normalized spacial score (nSPS) is 18.7. The van der Waals surface area contributed by atoms with Crippen LogP contribution in [0.5, 0.6) is 11.5 Å². The third-order valence-electron chi connectivity index (χ3n) is 2.98. The van der Waals surface area contributed by atoms with E-state index < -0.39 is 6.04 Å². The Morgan fingerprint density at radius 3 is 2.68 bits per heavy atom. The van der Waals surface area contributed by atoms with Gasteiger partial charge in [-0.2, -0.15) is 0 Å². The fraction of sp³-hybridized carbons (Fsp3) is 0.385. The van der Waals surface area contributed by atoms with Crippen LogP contribution in [0.15, 0.2) is 18.2 Å². The molecule has 0 bridgehead atoms. The molecule has 1 fully saturated rings. The lowest BCUT2D eigenvalue weighted by atomic mass is 10.1. The standard InChI is InChI=1S/C13H16N2O4/c1-18-8-3-4-9(11(7-8)19-2)14-10-5-6-12(16)15-13(10)17/h3-4,7,10,14H,5-6H2,1-2H3,(H,15,16,17). The number of carbonyl (C=O) groups excluding carboxylic acids is 2. The van der Waals surface area contributed by atoms with E-state index >= 15 is 0 Å².